The van der Waals surface area contributed by atoms with Crippen LogP contribution >= 0.6 is 0 Å². The SMILES string of the molecule is CCC(C)NCC(=O)Nc1ccc(CC(=O)O)nc1. The first-order chi connectivity index (χ1) is 9.01. The van der Waals surface area contributed by atoms with Gasteiger partial charge in [-0.25, -0.2) is 0 Å². The van der Waals surface area contributed by atoms with Crippen molar-refractivity contribution < 1.29 is 14.7 Å². The van der Waals surface area contributed by atoms with Crippen LogP contribution in [0.3, 0.4) is 0 Å². The fourth-order valence-corrected chi connectivity index (χ4v) is 1.37. The summed E-state index contributed by atoms with van der Waals surface area (Å²) in [5, 5.41) is 14.4. The largest absolute Gasteiger partial charge is 0.481 e. The maximum Gasteiger partial charge on any atom is 0.309 e. The minimum Gasteiger partial charge on any atom is -0.481 e. The maximum atomic E-state index is 11.6. The number of amides is 1. The first-order valence-corrected chi connectivity index (χ1v) is 6.21. The van der Waals surface area contributed by atoms with Gasteiger partial charge in [-0.3, -0.25) is 14.6 Å². The number of aliphatic carboxylic acids is 1. The number of rotatable bonds is 7. The Kier molecular flexibility index (Phi) is 5.95. The molecule has 0 aromatic carbocycles. The van der Waals surface area contributed by atoms with Crippen molar-refractivity contribution >= 4 is 17.6 Å². The summed E-state index contributed by atoms with van der Waals surface area (Å²) >= 11 is 0. The van der Waals surface area contributed by atoms with Gasteiger partial charge < -0.3 is 15.7 Å². The van der Waals surface area contributed by atoms with Crippen molar-refractivity contribution in [2.75, 3.05) is 11.9 Å². The third-order valence-corrected chi connectivity index (χ3v) is 2.66. The molecule has 0 spiro atoms. The molecule has 3 N–H and O–H groups in total. The Morgan fingerprint density at radius 2 is 2.16 bits per heavy atom. The Balaban J connectivity index is 2.44. The van der Waals surface area contributed by atoms with Crippen LogP contribution in [0.4, 0.5) is 5.69 Å². The molecule has 1 rings (SSSR count). The first kappa shape index (κ1) is 15.1. The van der Waals surface area contributed by atoms with Crippen LogP contribution in [0.1, 0.15) is 26.0 Å². The fraction of sp³-hybridized carbons (Fsp3) is 0.462. The average Bonchev–Trinajstić information content (AvgIpc) is 2.37. The predicted molar refractivity (Wildman–Crippen MR) is 72.0 cm³/mol. The summed E-state index contributed by atoms with van der Waals surface area (Å²) in [5.41, 5.74) is 1.02. The highest BCUT2D eigenvalue weighted by molar-refractivity contribution is 5.92. The maximum absolute atomic E-state index is 11.6. The Morgan fingerprint density at radius 1 is 1.42 bits per heavy atom. The normalized spacial score (nSPS) is 11.9. The van der Waals surface area contributed by atoms with Gasteiger partial charge in [0, 0.05) is 6.04 Å². The lowest BCUT2D eigenvalue weighted by Crippen LogP contribution is -2.33. The van der Waals surface area contributed by atoms with Gasteiger partial charge in [-0.05, 0) is 25.5 Å². The molecule has 1 amide bonds. The number of hydrogen-bond donors (Lipinski definition) is 3. The zero-order chi connectivity index (χ0) is 14.3. The van der Waals surface area contributed by atoms with Crippen molar-refractivity contribution in [2.24, 2.45) is 0 Å². The Labute approximate surface area is 112 Å². The summed E-state index contributed by atoms with van der Waals surface area (Å²) < 4.78 is 0. The topological polar surface area (TPSA) is 91.3 Å². The number of pyridine rings is 1. The molecule has 0 aliphatic carbocycles. The monoisotopic (exact) mass is 265 g/mol. The van der Waals surface area contributed by atoms with Crippen LogP contribution in [0, 0.1) is 0 Å². The Morgan fingerprint density at radius 3 is 2.68 bits per heavy atom. The highest BCUT2D eigenvalue weighted by Crippen LogP contribution is 2.06. The highest BCUT2D eigenvalue weighted by atomic mass is 16.4. The molecule has 0 saturated heterocycles. The number of aromatic nitrogens is 1. The van der Waals surface area contributed by atoms with Crippen molar-refractivity contribution in [1.82, 2.24) is 10.3 Å². The molecule has 0 aliphatic heterocycles. The van der Waals surface area contributed by atoms with Gasteiger partial charge >= 0.3 is 5.97 Å². The van der Waals surface area contributed by atoms with E-state index in [0.717, 1.165) is 6.42 Å². The molecule has 0 bridgehead atoms. The number of nitrogens with zero attached hydrogens (tertiary/aromatic N) is 1. The Bertz CT molecular complexity index is 431. The number of carbonyl (C=O) groups excluding carboxylic acids is 1. The molecular weight excluding hydrogens is 246 g/mol. The molecule has 1 unspecified atom stereocenters. The standard InChI is InChI=1S/C13H19N3O3/c1-3-9(2)14-8-12(17)16-11-5-4-10(15-7-11)6-13(18)19/h4-5,7,9,14H,3,6,8H2,1-2H3,(H,16,17)(H,18,19). The number of carboxylic acid groups (broad SMARTS) is 1. The van der Waals surface area contributed by atoms with Crippen LogP contribution in [0.5, 0.6) is 0 Å². The molecule has 6 nitrogen and oxygen atoms in total. The molecule has 0 saturated carbocycles. The lowest BCUT2D eigenvalue weighted by atomic mass is 10.2. The molecule has 0 radical (unpaired) electrons. The summed E-state index contributed by atoms with van der Waals surface area (Å²) in [6, 6.07) is 3.53. The molecule has 1 heterocycles. The number of carboxylic acids is 1. The molecule has 104 valence electrons. The third kappa shape index (κ3) is 5.96. The van der Waals surface area contributed by atoms with E-state index in [1.165, 1.54) is 6.20 Å². The van der Waals surface area contributed by atoms with Gasteiger partial charge in [0.1, 0.15) is 0 Å². The van der Waals surface area contributed by atoms with Gasteiger partial charge in [-0.15, -0.1) is 0 Å². The van der Waals surface area contributed by atoms with Gasteiger partial charge in [0.25, 0.3) is 0 Å². The summed E-state index contributed by atoms with van der Waals surface area (Å²) in [4.78, 5) is 26.1. The molecular formula is C13H19N3O3. The van der Waals surface area contributed by atoms with Crippen LogP contribution in [0.25, 0.3) is 0 Å². The van der Waals surface area contributed by atoms with E-state index in [-0.39, 0.29) is 18.9 Å². The minimum atomic E-state index is -0.929. The minimum absolute atomic E-state index is 0.121. The van der Waals surface area contributed by atoms with E-state index in [9.17, 15) is 9.59 Å². The lowest BCUT2D eigenvalue weighted by Gasteiger charge is -2.11. The first-order valence-electron chi connectivity index (χ1n) is 6.21. The smallest absolute Gasteiger partial charge is 0.309 e. The van der Waals surface area contributed by atoms with E-state index in [4.69, 9.17) is 5.11 Å². The van der Waals surface area contributed by atoms with Crippen molar-refractivity contribution in [3.8, 4) is 0 Å². The summed E-state index contributed by atoms with van der Waals surface area (Å²) in [5.74, 6) is -1.07. The zero-order valence-corrected chi connectivity index (χ0v) is 11.1. The molecule has 19 heavy (non-hydrogen) atoms. The van der Waals surface area contributed by atoms with Gasteiger partial charge in [-0.2, -0.15) is 0 Å². The van der Waals surface area contributed by atoms with E-state index >= 15 is 0 Å². The second kappa shape index (κ2) is 7.48. The molecule has 6 heteroatoms. The molecule has 1 aromatic rings. The number of nitrogens with one attached hydrogen (secondary N) is 2. The lowest BCUT2D eigenvalue weighted by molar-refractivity contribution is -0.136. The Hall–Kier alpha value is -1.95. The van der Waals surface area contributed by atoms with E-state index < -0.39 is 5.97 Å². The van der Waals surface area contributed by atoms with Crippen LogP contribution in [0.15, 0.2) is 18.3 Å². The van der Waals surface area contributed by atoms with E-state index in [0.29, 0.717) is 17.4 Å². The van der Waals surface area contributed by atoms with Crippen molar-refractivity contribution in [3.63, 3.8) is 0 Å². The quantitative estimate of drug-likeness (QED) is 0.685. The van der Waals surface area contributed by atoms with Gasteiger partial charge in [0.2, 0.25) is 5.91 Å². The number of carbonyl (C=O) groups is 2. The van der Waals surface area contributed by atoms with Crippen LogP contribution < -0.4 is 10.6 Å². The van der Waals surface area contributed by atoms with Crippen LogP contribution in [0.2, 0.25) is 0 Å². The summed E-state index contributed by atoms with van der Waals surface area (Å²) in [6.07, 6.45) is 2.29. The van der Waals surface area contributed by atoms with Crippen LogP contribution in [-0.2, 0) is 16.0 Å². The number of anilines is 1. The second-order valence-electron chi connectivity index (χ2n) is 4.35. The van der Waals surface area contributed by atoms with Crippen LogP contribution in [-0.4, -0.2) is 34.6 Å². The molecule has 1 atom stereocenters. The second-order valence-corrected chi connectivity index (χ2v) is 4.35. The molecule has 1 aromatic heterocycles. The van der Waals surface area contributed by atoms with E-state index in [2.05, 4.69) is 15.6 Å². The highest BCUT2D eigenvalue weighted by Gasteiger charge is 2.06. The summed E-state index contributed by atoms with van der Waals surface area (Å²) in [7, 11) is 0. The predicted octanol–water partition coefficient (Wildman–Crippen LogP) is 1.04. The van der Waals surface area contributed by atoms with Gasteiger partial charge in [0.15, 0.2) is 0 Å². The summed E-state index contributed by atoms with van der Waals surface area (Å²) in [6.45, 7) is 4.29. The van der Waals surface area contributed by atoms with Crippen molar-refractivity contribution in [2.45, 2.75) is 32.7 Å². The fourth-order valence-electron chi connectivity index (χ4n) is 1.37. The van der Waals surface area contributed by atoms with E-state index in [1.807, 2.05) is 13.8 Å². The van der Waals surface area contributed by atoms with Gasteiger partial charge in [-0.1, -0.05) is 6.92 Å². The third-order valence-electron chi connectivity index (χ3n) is 2.66. The van der Waals surface area contributed by atoms with Crippen molar-refractivity contribution in [1.29, 1.82) is 0 Å². The molecule has 0 aliphatic rings. The van der Waals surface area contributed by atoms with Gasteiger partial charge in [0.05, 0.1) is 30.5 Å². The average molecular weight is 265 g/mol. The number of hydrogen-bond acceptors (Lipinski definition) is 4. The zero-order valence-electron chi connectivity index (χ0n) is 11.1. The van der Waals surface area contributed by atoms with Crippen molar-refractivity contribution in [3.05, 3.63) is 24.0 Å². The van der Waals surface area contributed by atoms with E-state index in [1.54, 1.807) is 12.1 Å². The molecule has 0 fully saturated rings.